The van der Waals surface area contributed by atoms with Gasteiger partial charge in [0, 0.05) is 11.3 Å². The van der Waals surface area contributed by atoms with Crippen molar-refractivity contribution in [2.24, 2.45) is 10.9 Å². The maximum Gasteiger partial charge on any atom is 0.330 e. The van der Waals surface area contributed by atoms with E-state index < -0.39 is 0 Å². The number of methoxy groups -OCH3 is 1. The Bertz CT molecular complexity index is 327. The van der Waals surface area contributed by atoms with E-state index in [-0.39, 0.29) is 17.6 Å². The second-order valence-corrected chi connectivity index (χ2v) is 6.79. The van der Waals surface area contributed by atoms with Crippen LogP contribution in [-0.4, -0.2) is 35.6 Å². The van der Waals surface area contributed by atoms with E-state index in [2.05, 4.69) is 38.0 Å². The summed E-state index contributed by atoms with van der Waals surface area (Å²) in [6.07, 6.45) is 1.82. The third-order valence-corrected chi connectivity index (χ3v) is 3.74. The van der Waals surface area contributed by atoms with Crippen molar-refractivity contribution in [2.75, 3.05) is 12.9 Å². The van der Waals surface area contributed by atoms with E-state index in [1.807, 2.05) is 0 Å². The molecule has 0 bridgehead atoms. The second-order valence-electron chi connectivity index (χ2n) is 5.71. The number of amidine groups is 1. The van der Waals surface area contributed by atoms with Crippen LogP contribution in [0.1, 0.15) is 40.5 Å². The summed E-state index contributed by atoms with van der Waals surface area (Å²) >= 11 is 1.68. The third kappa shape index (κ3) is 4.88. The van der Waals surface area contributed by atoms with E-state index in [0.29, 0.717) is 5.92 Å². The summed E-state index contributed by atoms with van der Waals surface area (Å²) in [5.74, 6) is 1.20. The van der Waals surface area contributed by atoms with Crippen LogP contribution in [0.5, 0.6) is 0 Å². The number of nitrogens with zero attached hydrogens (tertiary/aromatic N) is 1. The number of hydrogen-bond acceptors (Lipinski definition) is 4. The molecule has 1 aliphatic rings. The predicted molar refractivity (Wildman–Crippen MR) is 77.0 cm³/mol. The number of carbonyl (C=O) groups excluding carboxylic acids is 1. The lowest BCUT2D eigenvalue weighted by atomic mass is 10.0. The predicted octanol–water partition coefficient (Wildman–Crippen LogP) is 2.44. The van der Waals surface area contributed by atoms with Gasteiger partial charge in [0.25, 0.3) is 0 Å². The first-order valence-electron chi connectivity index (χ1n) is 6.40. The van der Waals surface area contributed by atoms with Gasteiger partial charge in [-0.15, -0.1) is 0 Å². The standard InChI is InChI=1S/C13H24N2O2S/c1-9(2)8-10(11(16)17-5)14-12-15-13(3,4)6-7-18-12/h9-10H,6-8H2,1-5H3,(H,14,15). The van der Waals surface area contributed by atoms with Gasteiger partial charge in [0.15, 0.2) is 11.2 Å². The van der Waals surface area contributed by atoms with Gasteiger partial charge >= 0.3 is 5.97 Å². The van der Waals surface area contributed by atoms with Gasteiger partial charge in [-0.05, 0) is 32.6 Å². The lowest BCUT2D eigenvalue weighted by Gasteiger charge is -2.32. The monoisotopic (exact) mass is 272 g/mol. The van der Waals surface area contributed by atoms with E-state index in [0.717, 1.165) is 23.8 Å². The Morgan fingerprint density at radius 2 is 2.22 bits per heavy atom. The molecule has 0 spiro atoms. The van der Waals surface area contributed by atoms with Gasteiger partial charge in [-0.3, -0.25) is 0 Å². The number of aliphatic imine (C=N–C) groups is 1. The number of nitrogens with one attached hydrogen (secondary N) is 1. The first kappa shape index (κ1) is 15.3. The van der Waals surface area contributed by atoms with Crippen LogP contribution in [-0.2, 0) is 9.53 Å². The fraction of sp³-hybridized carbons (Fsp3) is 0.846. The van der Waals surface area contributed by atoms with Crippen molar-refractivity contribution in [1.82, 2.24) is 5.32 Å². The van der Waals surface area contributed by atoms with Gasteiger partial charge in [0.2, 0.25) is 0 Å². The molecular formula is C13H24N2O2S. The average Bonchev–Trinajstić information content (AvgIpc) is 2.25. The van der Waals surface area contributed by atoms with E-state index >= 15 is 0 Å². The Morgan fingerprint density at radius 1 is 1.56 bits per heavy atom. The molecule has 1 saturated heterocycles. The van der Waals surface area contributed by atoms with Crippen LogP contribution in [0.2, 0.25) is 0 Å². The molecule has 1 N–H and O–H groups in total. The van der Waals surface area contributed by atoms with E-state index in [9.17, 15) is 4.79 Å². The van der Waals surface area contributed by atoms with E-state index in [4.69, 9.17) is 4.74 Å². The Morgan fingerprint density at radius 3 is 2.72 bits per heavy atom. The molecule has 1 aliphatic heterocycles. The van der Waals surface area contributed by atoms with Crippen LogP contribution in [0, 0.1) is 5.92 Å². The van der Waals surface area contributed by atoms with Gasteiger partial charge in [0.05, 0.1) is 7.11 Å². The second kappa shape index (κ2) is 6.45. The van der Waals surface area contributed by atoms with Crippen LogP contribution in [0.25, 0.3) is 0 Å². The molecule has 5 heteroatoms. The van der Waals surface area contributed by atoms with Gasteiger partial charge in [-0.1, -0.05) is 25.6 Å². The molecule has 1 atom stereocenters. The minimum absolute atomic E-state index is 0.0581. The lowest BCUT2D eigenvalue weighted by molar-refractivity contribution is -0.142. The largest absolute Gasteiger partial charge is 0.467 e. The van der Waals surface area contributed by atoms with E-state index in [1.54, 1.807) is 11.8 Å². The highest BCUT2D eigenvalue weighted by molar-refractivity contribution is 8.13. The fourth-order valence-corrected chi connectivity index (χ4v) is 3.14. The maximum absolute atomic E-state index is 11.7. The number of rotatable bonds is 4. The van der Waals surface area contributed by atoms with Crippen LogP contribution >= 0.6 is 11.8 Å². The highest BCUT2D eigenvalue weighted by Gasteiger charge is 2.27. The third-order valence-electron chi connectivity index (χ3n) is 2.85. The molecule has 0 aromatic heterocycles. The van der Waals surface area contributed by atoms with Crippen molar-refractivity contribution in [3.63, 3.8) is 0 Å². The molecule has 0 saturated carbocycles. The molecule has 4 nitrogen and oxygen atoms in total. The Labute approximate surface area is 114 Å². The average molecular weight is 272 g/mol. The zero-order valence-corrected chi connectivity index (χ0v) is 12.8. The molecule has 18 heavy (non-hydrogen) atoms. The molecule has 1 unspecified atom stereocenters. The Balaban J connectivity index is 2.77. The summed E-state index contributed by atoms with van der Waals surface area (Å²) in [4.78, 5) is 16.3. The minimum Gasteiger partial charge on any atom is -0.467 e. The summed E-state index contributed by atoms with van der Waals surface area (Å²) in [5, 5.41) is 4.24. The Hall–Kier alpha value is -0.710. The van der Waals surface area contributed by atoms with Crippen LogP contribution < -0.4 is 5.32 Å². The van der Waals surface area contributed by atoms with Gasteiger partial charge < -0.3 is 10.1 Å². The zero-order valence-electron chi connectivity index (χ0n) is 11.9. The normalized spacial score (nSPS) is 22.7. The minimum atomic E-state index is -0.390. The molecule has 104 valence electrons. The van der Waals surface area contributed by atoms with Crippen molar-refractivity contribution < 1.29 is 9.53 Å². The van der Waals surface area contributed by atoms with Crippen molar-refractivity contribution in [3.8, 4) is 0 Å². The van der Waals surface area contributed by atoms with Gasteiger partial charge in [-0.25, -0.2) is 9.79 Å². The number of thioether (sulfide) groups is 1. The zero-order chi connectivity index (χ0) is 13.8. The van der Waals surface area contributed by atoms with Crippen molar-refractivity contribution in [3.05, 3.63) is 0 Å². The highest BCUT2D eigenvalue weighted by atomic mass is 32.2. The van der Waals surface area contributed by atoms with Crippen molar-refractivity contribution in [2.45, 2.75) is 52.1 Å². The molecular weight excluding hydrogens is 248 g/mol. The molecule has 0 amide bonds. The first-order chi connectivity index (χ1) is 8.34. The number of carbonyl (C=O) groups is 1. The smallest absolute Gasteiger partial charge is 0.330 e. The lowest BCUT2D eigenvalue weighted by Crippen LogP contribution is -2.46. The number of esters is 1. The fourth-order valence-electron chi connectivity index (χ4n) is 1.79. The van der Waals surface area contributed by atoms with Crippen LogP contribution in [0.15, 0.2) is 4.99 Å². The van der Waals surface area contributed by atoms with Crippen LogP contribution in [0.4, 0.5) is 0 Å². The van der Waals surface area contributed by atoms with Crippen molar-refractivity contribution >= 4 is 22.9 Å². The summed E-state index contributed by atoms with van der Waals surface area (Å²) in [7, 11) is 1.42. The number of ether oxygens (including phenoxy) is 1. The molecule has 0 radical (unpaired) electrons. The summed E-state index contributed by atoms with van der Waals surface area (Å²) in [5.41, 5.74) is 0.0581. The molecule has 1 heterocycles. The van der Waals surface area contributed by atoms with Gasteiger partial charge in [0.1, 0.15) is 0 Å². The topological polar surface area (TPSA) is 50.7 Å². The van der Waals surface area contributed by atoms with Crippen LogP contribution in [0.3, 0.4) is 0 Å². The number of hydrogen-bond donors (Lipinski definition) is 1. The molecule has 0 aliphatic carbocycles. The first-order valence-corrected chi connectivity index (χ1v) is 7.39. The summed E-state index contributed by atoms with van der Waals surface area (Å²) < 4.78 is 4.82. The molecule has 0 aromatic rings. The van der Waals surface area contributed by atoms with Gasteiger partial charge in [-0.2, -0.15) is 0 Å². The molecule has 1 rings (SSSR count). The molecule has 1 fully saturated rings. The molecule has 0 aromatic carbocycles. The Kier molecular flexibility index (Phi) is 5.50. The van der Waals surface area contributed by atoms with Crippen molar-refractivity contribution in [1.29, 1.82) is 0 Å². The quantitative estimate of drug-likeness (QED) is 0.799. The van der Waals surface area contributed by atoms with E-state index in [1.165, 1.54) is 7.11 Å². The summed E-state index contributed by atoms with van der Waals surface area (Å²) in [6.45, 7) is 8.47. The highest BCUT2D eigenvalue weighted by Crippen LogP contribution is 2.23. The summed E-state index contributed by atoms with van der Waals surface area (Å²) in [6, 6.07) is -0.390. The maximum atomic E-state index is 11.7. The SMILES string of the molecule is COC(=O)C(CC(C)C)N=C1NC(C)(C)CCS1.